The largest absolute Gasteiger partial charge is 0.637 e. The Hall–Kier alpha value is -0.0551. The summed E-state index contributed by atoms with van der Waals surface area (Å²) in [5, 5.41) is 10.2. The van der Waals surface area contributed by atoms with Gasteiger partial charge in [-0.05, 0) is 49.4 Å². The zero-order valence-corrected chi connectivity index (χ0v) is 16.1. The van der Waals surface area contributed by atoms with Crippen molar-refractivity contribution in [2.24, 2.45) is 23.7 Å². The third kappa shape index (κ3) is 12.5. The highest BCUT2D eigenvalue weighted by Crippen LogP contribution is 2.20. The van der Waals surface area contributed by atoms with Crippen molar-refractivity contribution in [1.82, 2.24) is 0 Å². The first-order chi connectivity index (χ1) is 10.1. The van der Waals surface area contributed by atoms with E-state index < -0.39 is 7.32 Å². The molecule has 0 aliphatic heterocycles. The lowest BCUT2D eigenvalue weighted by molar-refractivity contribution is 0.0262. The molecule has 0 unspecified atom stereocenters. The maximum Gasteiger partial charge on any atom is 0.637 e. The third-order valence-corrected chi connectivity index (χ3v) is 3.55. The summed E-state index contributed by atoms with van der Waals surface area (Å²) in [6.07, 6.45) is 3.95. The van der Waals surface area contributed by atoms with E-state index in [-0.39, 0.29) is 12.2 Å². The van der Waals surface area contributed by atoms with Crippen LogP contribution in [0.15, 0.2) is 0 Å². The maximum atomic E-state index is 10.2. The highest BCUT2D eigenvalue weighted by Gasteiger charge is 2.27. The Morgan fingerprint density at radius 1 is 0.591 bits per heavy atom. The summed E-state index contributed by atoms with van der Waals surface area (Å²) in [7, 11) is -1.11. The second-order valence-corrected chi connectivity index (χ2v) is 8.34. The summed E-state index contributed by atoms with van der Waals surface area (Å²) in [5.41, 5.74) is 0. The van der Waals surface area contributed by atoms with Crippen LogP contribution >= 0.6 is 0 Å². The fourth-order valence-corrected chi connectivity index (χ4v) is 2.88. The molecule has 0 aromatic rings. The molecular weight excluding hydrogens is 275 g/mol. The molecule has 0 aromatic carbocycles. The Balaban J connectivity index is 4.50. The van der Waals surface area contributed by atoms with Crippen LogP contribution in [-0.4, -0.2) is 24.6 Å². The molecule has 0 bridgehead atoms. The van der Waals surface area contributed by atoms with E-state index in [1.54, 1.807) is 0 Å². The molecule has 0 aliphatic carbocycles. The minimum atomic E-state index is -1.11. The Bertz CT molecular complexity index is 221. The SMILES string of the molecule is CC(C)CC(CC(C)C)OB(O)OC(CC(C)C)CC(C)C. The quantitative estimate of drug-likeness (QED) is 0.520. The summed E-state index contributed by atoms with van der Waals surface area (Å²) in [6.45, 7) is 17.5. The lowest BCUT2D eigenvalue weighted by Crippen LogP contribution is -2.35. The van der Waals surface area contributed by atoms with Gasteiger partial charge < -0.3 is 14.3 Å². The van der Waals surface area contributed by atoms with Crippen LogP contribution in [-0.2, 0) is 9.31 Å². The van der Waals surface area contributed by atoms with E-state index in [1.165, 1.54) is 0 Å². The average Bonchev–Trinajstić information content (AvgIpc) is 2.23. The van der Waals surface area contributed by atoms with Crippen LogP contribution in [0, 0.1) is 23.7 Å². The molecule has 0 saturated heterocycles. The van der Waals surface area contributed by atoms with Gasteiger partial charge in [-0.2, -0.15) is 0 Å². The van der Waals surface area contributed by atoms with E-state index in [4.69, 9.17) is 9.31 Å². The molecule has 0 spiro atoms. The van der Waals surface area contributed by atoms with Crippen LogP contribution in [0.25, 0.3) is 0 Å². The number of rotatable bonds is 12. The van der Waals surface area contributed by atoms with Crippen molar-refractivity contribution in [3.8, 4) is 0 Å². The Morgan fingerprint density at radius 2 is 0.818 bits per heavy atom. The fraction of sp³-hybridized carbons (Fsp3) is 1.00. The predicted octanol–water partition coefficient (Wildman–Crippen LogP) is 4.92. The van der Waals surface area contributed by atoms with Crippen molar-refractivity contribution in [1.29, 1.82) is 0 Å². The van der Waals surface area contributed by atoms with Crippen LogP contribution in [0.1, 0.15) is 81.1 Å². The molecule has 4 heteroatoms. The van der Waals surface area contributed by atoms with Gasteiger partial charge in [0.2, 0.25) is 0 Å². The number of hydrogen-bond donors (Lipinski definition) is 1. The molecule has 0 heterocycles. The highest BCUT2D eigenvalue weighted by molar-refractivity contribution is 6.34. The topological polar surface area (TPSA) is 38.7 Å². The second kappa shape index (κ2) is 11.5. The standard InChI is InChI=1S/C18H39BO3/c1-13(2)9-17(10-14(3)4)21-19(20)22-18(11-15(5)6)12-16(7)8/h13-18,20H,9-12H2,1-8H3. The van der Waals surface area contributed by atoms with E-state index in [9.17, 15) is 5.02 Å². The molecule has 0 aliphatic rings. The molecule has 22 heavy (non-hydrogen) atoms. The van der Waals surface area contributed by atoms with Gasteiger partial charge >= 0.3 is 7.32 Å². The van der Waals surface area contributed by atoms with Crippen LogP contribution in [0.3, 0.4) is 0 Å². The first-order valence-corrected chi connectivity index (χ1v) is 9.09. The van der Waals surface area contributed by atoms with Gasteiger partial charge in [-0.1, -0.05) is 55.4 Å². The molecule has 0 aromatic heterocycles. The fourth-order valence-electron chi connectivity index (χ4n) is 2.88. The van der Waals surface area contributed by atoms with Crippen molar-refractivity contribution in [2.45, 2.75) is 93.3 Å². The van der Waals surface area contributed by atoms with Crippen molar-refractivity contribution < 1.29 is 14.3 Å². The van der Waals surface area contributed by atoms with Gasteiger partial charge in [-0.25, -0.2) is 0 Å². The van der Waals surface area contributed by atoms with Gasteiger partial charge in [0.05, 0.1) is 0 Å². The molecule has 0 atom stereocenters. The Morgan fingerprint density at radius 3 is 1.00 bits per heavy atom. The summed E-state index contributed by atoms with van der Waals surface area (Å²) >= 11 is 0. The normalized spacial score (nSPS) is 12.7. The van der Waals surface area contributed by atoms with E-state index in [1.807, 2.05) is 0 Å². The molecule has 0 saturated carbocycles. The molecule has 1 N–H and O–H groups in total. The van der Waals surface area contributed by atoms with Gasteiger partial charge in [0.15, 0.2) is 0 Å². The molecule has 0 fully saturated rings. The van der Waals surface area contributed by atoms with Crippen molar-refractivity contribution in [2.75, 3.05) is 0 Å². The van der Waals surface area contributed by atoms with E-state index in [2.05, 4.69) is 55.4 Å². The van der Waals surface area contributed by atoms with Gasteiger partial charge in [0, 0.05) is 12.2 Å². The first kappa shape index (κ1) is 21.9. The van der Waals surface area contributed by atoms with E-state index in [0.29, 0.717) is 23.7 Å². The summed E-state index contributed by atoms with van der Waals surface area (Å²) in [4.78, 5) is 0. The zero-order valence-electron chi connectivity index (χ0n) is 16.1. The molecular formula is C18H39BO3. The van der Waals surface area contributed by atoms with Crippen molar-refractivity contribution in [3.05, 3.63) is 0 Å². The van der Waals surface area contributed by atoms with Crippen LogP contribution in [0.5, 0.6) is 0 Å². The molecule has 0 amide bonds. The Labute approximate surface area is 139 Å². The minimum Gasteiger partial charge on any atom is -0.402 e. The zero-order chi connectivity index (χ0) is 17.3. The van der Waals surface area contributed by atoms with Crippen molar-refractivity contribution in [3.63, 3.8) is 0 Å². The molecule has 132 valence electrons. The van der Waals surface area contributed by atoms with Crippen LogP contribution in [0.2, 0.25) is 0 Å². The predicted molar refractivity (Wildman–Crippen MR) is 95.5 cm³/mol. The van der Waals surface area contributed by atoms with Gasteiger partial charge in [0.25, 0.3) is 0 Å². The monoisotopic (exact) mass is 314 g/mol. The number of hydrogen-bond acceptors (Lipinski definition) is 3. The van der Waals surface area contributed by atoms with Gasteiger partial charge in [-0.3, -0.25) is 0 Å². The minimum absolute atomic E-state index is 0.0637. The van der Waals surface area contributed by atoms with Crippen LogP contribution in [0.4, 0.5) is 0 Å². The third-order valence-electron chi connectivity index (χ3n) is 3.55. The first-order valence-electron chi connectivity index (χ1n) is 9.09. The van der Waals surface area contributed by atoms with Gasteiger partial charge in [-0.15, -0.1) is 0 Å². The maximum absolute atomic E-state index is 10.2. The summed E-state index contributed by atoms with van der Waals surface area (Å²) < 4.78 is 11.6. The van der Waals surface area contributed by atoms with E-state index >= 15 is 0 Å². The smallest absolute Gasteiger partial charge is 0.402 e. The molecule has 0 rings (SSSR count). The highest BCUT2D eigenvalue weighted by atomic mass is 16.7. The van der Waals surface area contributed by atoms with Crippen molar-refractivity contribution >= 4 is 7.32 Å². The average molecular weight is 314 g/mol. The summed E-state index contributed by atoms with van der Waals surface area (Å²) in [5.74, 6) is 2.22. The lowest BCUT2D eigenvalue weighted by Gasteiger charge is -2.27. The van der Waals surface area contributed by atoms with Gasteiger partial charge in [0.1, 0.15) is 0 Å². The lowest BCUT2D eigenvalue weighted by atomic mass is 9.95. The molecule has 0 radical (unpaired) electrons. The summed E-state index contributed by atoms with van der Waals surface area (Å²) in [6, 6.07) is 0. The van der Waals surface area contributed by atoms with Crippen LogP contribution < -0.4 is 0 Å². The van der Waals surface area contributed by atoms with E-state index in [0.717, 1.165) is 25.7 Å². The Kier molecular flexibility index (Phi) is 11.4. The molecule has 3 nitrogen and oxygen atoms in total. The second-order valence-electron chi connectivity index (χ2n) is 8.34.